The first kappa shape index (κ1) is 17.3. The first-order chi connectivity index (χ1) is 11.9. The molecular formula is C18H22N2O5. The van der Waals surface area contributed by atoms with Crippen LogP contribution in [0.5, 0.6) is 5.75 Å². The summed E-state index contributed by atoms with van der Waals surface area (Å²) in [6.07, 6.45) is 3.18. The molecule has 1 aromatic carbocycles. The Labute approximate surface area is 145 Å². The summed E-state index contributed by atoms with van der Waals surface area (Å²) >= 11 is 0. The lowest BCUT2D eigenvalue weighted by molar-refractivity contribution is -0.163. The van der Waals surface area contributed by atoms with Crippen molar-refractivity contribution in [2.45, 2.75) is 38.5 Å². The highest BCUT2D eigenvalue weighted by atomic mass is 16.5. The number of ether oxygens (including phenoxy) is 1. The van der Waals surface area contributed by atoms with E-state index in [1.54, 1.807) is 31.4 Å². The van der Waals surface area contributed by atoms with Crippen LogP contribution in [-0.2, 0) is 9.59 Å². The van der Waals surface area contributed by atoms with Gasteiger partial charge in [-0.1, -0.05) is 0 Å². The first-order valence-corrected chi connectivity index (χ1v) is 8.39. The van der Waals surface area contributed by atoms with Gasteiger partial charge in [-0.3, -0.25) is 25.2 Å². The van der Waals surface area contributed by atoms with Gasteiger partial charge in [0.05, 0.1) is 17.9 Å². The van der Waals surface area contributed by atoms with Gasteiger partial charge in [-0.05, 0) is 62.8 Å². The van der Waals surface area contributed by atoms with Gasteiger partial charge in [0.25, 0.3) is 5.91 Å². The van der Waals surface area contributed by atoms with Crippen molar-refractivity contribution < 1.29 is 24.2 Å². The summed E-state index contributed by atoms with van der Waals surface area (Å²) in [5, 5.41) is 9.41. The van der Waals surface area contributed by atoms with Crippen LogP contribution in [0.3, 0.4) is 0 Å². The molecule has 1 aromatic rings. The molecule has 134 valence electrons. The zero-order valence-electron chi connectivity index (χ0n) is 14.1. The highest BCUT2D eigenvalue weighted by molar-refractivity contribution is 5.96. The summed E-state index contributed by atoms with van der Waals surface area (Å²) in [6.45, 7) is 0. The Morgan fingerprint density at radius 3 is 1.92 bits per heavy atom. The van der Waals surface area contributed by atoms with Crippen molar-refractivity contribution in [1.29, 1.82) is 0 Å². The smallest absolute Gasteiger partial charge is 0.309 e. The number of amides is 2. The maximum Gasteiger partial charge on any atom is 0.309 e. The summed E-state index contributed by atoms with van der Waals surface area (Å²) in [7, 11) is 1.54. The number of hydrazine groups is 1. The van der Waals surface area contributed by atoms with E-state index in [1.807, 2.05) is 0 Å². The Bertz CT molecular complexity index is 673. The van der Waals surface area contributed by atoms with E-state index in [9.17, 15) is 19.5 Å². The van der Waals surface area contributed by atoms with E-state index >= 15 is 0 Å². The number of aliphatic carboxylic acids is 1. The molecule has 0 heterocycles. The Morgan fingerprint density at radius 1 is 0.920 bits per heavy atom. The van der Waals surface area contributed by atoms with Gasteiger partial charge in [-0.15, -0.1) is 0 Å². The third-order valence-electron chi connectivity index (χ3n) is 5.82. The van der Waals surface area contributed by atoms with Crippen molar-refractivity contribution >= 4 is 17.8 Å². The van der Waals surface area contributed by atoms with Crippen LogP contribution in [0, 0.1) is 10.8 Å². The fourth-order valence-electron chi connectivity index (χ4n) is 3.91. The molecule has 0 aliphatic heterocycles. The highest BCUT2D eigenvalue weighted by Crippen LogP contribution is 2.56. The Kier molecular flexibility index (Phi) is 4.41. The number of rotatable bonds is 4. The maximum atomic E-state index is 12.6. The zero-order valence-corrected chi connectivity index (χ0v) is 14.1. The Balaban J connectivity index is 1.58. The number of carbonyl (C=O) groups excluding carboxylic acids is 2. The van der Waals surface area contributed by atoms with E-state index in [1.165, 1.54) is 0 Å². The molecule has 3 aliphatic carbocycles. The predicted molar refractivity (Wildman–Crippen MR) is 88.8 cm³/mol. The molecule has 25 heavy (non-hydrogen) atoms. The molecule has 0 aromatic heterocycles. The monoisotopic (exact) mass is 346 g/mol. The van der Waals surface area contributed by atoms with Crippen LogP contribution in [-0.4, -0.2) is 30.0 Å². The molecule has 0 atom stereocenters. The maximum absolute atomic E-state index is 12.6. The van der Waals surface area contributed by atoms with Gasteiger partial charge in [0.1, 0.15) is 5.75 Å². The largest absolute Gasteiger partial charge is 0.497 e. The van der Waals surface area contributed by atoms with Crippen molar-refractivity contribution in [3.8, 4) is 5.75 Å². The van der Waals surface area contributed by atoms with Crippen LogP contribution in [0.4, 0.5) is 0 Å². The van der Waals surface area contributed by atoms with Crippen LogP contribution in [0.25, 0.3) is 0 Å². The molecule has 3 aliphatic rings. The van der Waals surface area contributed by atoms with Gasteiger partial charge >= 0.3 is 5.97 Å². The summed E-state index contributed by atoms with van der Waals surface area (Å²) in [6, 6.07) is 6.56. The molecule has 0 spiro atoms. The number of carboxylic acids is 1. The molecule has 7 heteroatoms. The lowest BCUT2D eigenvalue weighted by Gasteiger charge is -2.50. The number of benzene rings is 1. The third kappa shape index (κ3) is 3.06. The number of hydrogen-bond donors (Lipinski definition) is 3. The summed E-state index contributed by atoms with van der Waals surface area (Å²) in [5.41, 5.74) is 4.16. The minimum atomic E-state index is -0.756. The lowest BCUT2D eigenvalue weighted by Crippen LogP contribution is -2.55. The molecule has 2 bridgehead atoms. The number of carbonyl (C=O) groups is 3. The molecule has 3 fully saturated rings. The van der Waals surface area contributed by atoms with Gasteiger partial charge in [0.2, 0.25) is 5.91 Å². The molecule has 0 unspecified atom stereocenters. The van der Waals surface area contributed by atoms with Gasteiger partial charge in [0.15, 0.2) is 0 Å². The molecule has 2 amide bonds. The number of methoxy groups -OCH3 is 1. The van der Waals surface area contributed by atoms with Crippen LogP contribution >= 0.6 is 0 Å². The summed E-state index contributed by atoms with van der Waals surface area (Å²) < 4.78 is 5.04. The minimum Gasteiger partial charge on any atom is -0.497 e. The van der Waals surface area contributed by atoms with E-state index in [0.29, 0.717) is 49.8 Å². The fourth-order valence-corrected chi connectivity index (χ4v) is 3.91. The van der Waals surface area contributed by atoms with Crippen LogP contribution in [0.1, 0.15) is 48.9 Å². The van der Waals surface area contributed by atoms with Crippen molar-refractivity contribution in [3.63, 3.8) is 0 Å². The van der Waals surface area contributed by atoms with Crippen molar-refractivity contribution in [2.24, 2.45) is 10.8 Å². The Morgan fingerprint density at radius 2 is 1.44 bits per heavy atom. The SMILES string of the molecule is COc1ccc(C(=O)NNC(=O)C23CCC(C(=O)O)(CC2)CC3)cc1. The van der Waals surface area contributed by atoms with Gasteiger partial charge in [0, 0.05) is 5.56 Å². The minimum absolute atomic E-state index is 0.229. The molecule has 3 N–H and O–H groups in total. The molecule has 0 radical (unpaired) electrons. The summed E-state index contributed by atoms with van der Waals surface area (Å²) in [5.74, 6) is -0.744. The van der Waals surface area contributed by atoms with Gasteiger partial charge < -0.3 is 9.84 Å². The van der Waals surface area contributed by atoms with Crippen molar-refractivity contribution in [1.82, 2.24) is 10.9 Å². The second-order valence-electron chi connectivity index (χ2n) is 7.00. The van der Waals surface area contributed by atoms with Crippen molar-refractivity contribution in [3.05, 3.63) is 29.8 Å². The first-order valence-electron chi connectivity index (χ1n) is 8.39. The average molecular weight is 346 g/mol. The lowest BCUT2D eigenvalue weighted by atomic mass is 9.53. The second-order valence-corrected chi connectivity index (χ2v) is 7.00. The zero-order chi connectivity index (χ0) is 18.1. The van der Waals surface area contributed by atoms with E-state index < -0.39 is 22.7 Å². The number of carboxylic acid groups (broad SMARTS) is 1. The van der Waals surface area contributed by atoms with Crippen LogP contribution in [0.15, 0.2) is 24.3 Å². The normalized spacial score (nSPS) is 27.4. The highest BCUT2D eigenvalue weighted by Gasteiger charge is 2.55. The number of nitrogens with one attached hydrogen (secondary N) is 2. The number of hydrogen-bond acceptors (Lipinski definition) is 4. The average Bonchev–Trinajstić information content (AvgIpc) is 2.67. The second kappa shape index (κ2) is 6.38. The summed E-state index contributed by atoms with van der Waals surface area (Å²) in [4.78, 5) is 36.2. The van der Waals surface area contributed by atoms with Crippen LogP contribution in [0.2, 0.25) is 0 Å². The molecule has 0 saturated heterocycles. The fraction of sp³-hybridized carbons (Fsp3) is 0.500. The molecule has 7 nitrogen and oxygen atoms in total. The van der Waals surface area contributed by atoms with Crippen LogP contribution < -0.4 is 15.6 Å². The molecular weight excluding hydrogens is 324 g/mol. The topological polar surface area (TPSA) is 105 Å². The molecule has 3 saturated carbocycles. The van der Waals surface area contributed by atoms with E-state index in [-0.39, 0.29) is 5.91 Å². The Hall–Kier alpha value is -2.57. The quantitative estimate of drug-likeness (QED) is 0.722. The predicted octanol–water partition coefficient (Wildman–Crippen LogP) is 1.88. The standard InChI is InChI=1S/C18H22N2O5/c1-25-13-4-2-12(3-5-13)14(21)19-20-15(22)17-6-9-18(10-7-17,11-8-17)16(23)24/h2-5H,6-11H2,1H3,(H,19,21)(H,20,22)(H,23,24). The van der Waals surface area contributed by atoms with E-state index in [2.05, 4.69) is 10.9 Å². The van der Waals surface area contributed by atoms with E-state index in [4.69, 9.17) is 4.74 Å². The van der Waals surface area contributed by atoms with Crippen molar-refractivity contribution in [2.75, 3.05) is 7.11 Å². The molecule has 4 rings (SSSR count). The third-order valence-corrected chi connectivity index (χ3v) is 5.82. The number of fused-ring (bicyclic) bond motifs is 3. The van der Waals surface area contributed by atoms with Gasteiger partial charge in [-0.25, -0.2) is 0 Å². The van der Waals surface area contributed by atoms with Gasteiger partial charge in [-0.2, -0.15) is 0 Å². The van der Waals surface area contributed by atoms with E-state index in [0.717, 1.165) is 0 Å².